The highest BCUT2D eigenvalue weighted by Gasteiger charge is 2.69. The highest BCUT2D eigenvalue weighted by atomic mass is 16.7. The van der Waals surface area contributed by atoms with E-state index in [4.69, 9.17) is 32.9 Å². The number of β-amino-alcohol motifs (C(OH)–C–C–N with tert-alkyl or cyclic N) is 1. The Labute approximate surface area is 506 Å². The lowest BCUT2D eigenvalue weighted by Crippen LogP contribution is -2.62. The minimum Gasteiger partial charge on any atom is -0.433 e. The molecular formula is C68H95N3O15. The zero-order valence-corrected chi connectivity index (χ0v) is 51.3. The third kappa shape index (κ3) is 12.0. The number of carbonyl (C=O) groups excluding carboxylic acids is 2. The number of aliphatic hydroxyl groups is 3. The Morgan fingerprint density at radius 2 is 1.05 bits per heavy atom. The topological polar surface area (TPSA) is 242 Å². The molecule has 0 radical (unpaired) electrons. The van der Waals surface area contributed by atoms with Crippen molar-refractivity contribution in [3.05, 3.63) is 103 Å². The van der Waals surface area contributed by atoms with Crippen molar-refractivity contribution in [2.45, 2.75) is 204 Å². The van der Waals surface area contributed by atoms with Gasteiger partial charge in [0.05, 0.1) is 35.3 Å². The van der Waals surface area contributed by atoms with Crippen LogP contribution in [0.15, 0.2) is 79.5 Å². The van der Waals surface area contributed by atoms with Crippen LogP contribution in [0.5, 0.6) is 5.75 Å². The number of likely N-dealkylation sites (tertiary alicyclic amines) is 2. The molecule has 10 aliphatic rings. The normalized spacial score (nSPS) is 38.8. The second kappa shape index (κ2) is 25.4. The highest BCUT2D eigenvalue weighted by Crippen LogP contribution is 2.72. The van der Waals surface area contributed by atoms with Gasteiger partial charge in [0, 0.05) is 48.2 Å². The van der Waals surface area contributed by atoms with Gasteiger partial charge in [0.25, 0.3) is 5.69 Å². The Balaban J connectivity index is 0.000000158. The number of ether oxygens (including phenoxy) is 4. The number of nitro benzene ring substituents is 1. The first-order chi connectivity index (χ1) is 41.2. The third-order valence-corrected chi connectivity index (χ3v) is 25.1. The minimum absolute atomic E-state index is 0.0653. The van der Waals surface area contributed by atoms with Crippen LogP contribution >= 0.6 is 0 Å². The molecule has 10 fully saturated rings. The summed E-state index contributed by atoms with van der Waals surface area (Å²) in [6.45, 7) is 16.3. The molecule has 8 aliphatic carbocycles. The molecule has 86 heavy (non-hydrogen) atoms. The predicted molar refractivity (Wildman–Crippen MR) is 320 cm³/mol. The molecule has 0 spiro atoms. The maximum Gasteiger partial charge on any atom is 0.514 e. The van der Waals surface area contributed by atoms with E-state index in [1.807, 2.05) is 12.1 Å². The zero-order chi connectivity index (χ0) is 60.7. The molecule has 4 heterocycles. The van der Waals surface area contributed by atoms with Crippen molar-refractivity contribution in [3.63, 3.8) is 0 Å². The monoisotopic (exact) mass is 1190 g/mol. The zero-order valence-electron chi connectivity index (χ0n) is 51.3. The van der Waals surface area contributed by atoms with E-state index in [0.717, 1.165) is 153 Å². The Bertz CT molecular complexity index is 2940. The van der Waals surface area contributed by atoms with Crippen LogP contribution < -0.4 is 16.0 Å². The average molecular weight is 1190 g/mol. The molecule has 18 nitrogen and oxygen atoms in total. The average Bonchev–Trinajstić information content (AvgIpc) is 1.37. The van der Waals surface area contributed by atoms with Gasteiger partial charge < -0.3 is 48.0 Å². The first-order valence-electron chi connectivity index (χ1n) is 32.8. The summed E-state index contributed by atoms with van der Waals surface area (Å²) in [6, 6.07) is 12.1. The van der Waals surface area contributed by atoms with Crippen LogP contribution in [-0.4, -0.2) is 118 Å². The number of hydrogen-bond acceptors (Lipinski definition) is 17. The first-order valence-corrected chi connectivity index (χ1v) is 32.8. The van der Waals surface area contributed by atoms with Crippen molar-refractivity contribution in [1.82, 2.24) is 9.80 Å². The Kier molecular flexibility index (Phi) is 18.4. The van der Waals surface area contributed by atoms with Crippen molar-refractivity contribution < 1.29 is 57.6 Å². The minimum atomic E-state index is -0.785. The number of non-ortho nitro benzene ring substituents is 1. The summed E-state index contributed by atoms with van der Waals surface area (Å²) in [4.78, 5) is 63.0. The smallest absolute Gasteiger partial charge is 0.433 e. The van der Waals surface area contributed by atoms with Gasteiger partial charge in [-0.15, -0.1) is 0 Å². The third-order valence-electron chi connectivity index (χ3n) is 25.1. The van der Waals surface area contributed by atoms with Crippen molar-refractivity contribution >= 4 is 18.0 Å². The summed E-state index contributed by atoms with van der Waals surface area (Å²) >= 11 is 0. The largest absolute Gasteiger partial charge is 0.514 e. The van der Waals surface area contributed by atoms with Crippen molar-refractivity contribution in [2.75, 3.05) is 52.5 Å². The number of nitrogens with zero attached hydrogens (tertiary/aromatic N) is 3. The van der Waals surface area contributed by atoms with Gasteiger partial charge in [-0.05, 0) is 261 Å². The molecule has 0 bridgehead atoms. The van der Waals surface area contributed by atoms with Crippen LogP contribution in [0.3, 0.4) is 0 Å². The van der Waals surface area contributed by atoms with E-state index < -0.39 is 28.4 Å². The van der Waals surface area contributed by atoms with Crippen molar-refractivity contribution in [1.29, 1.82) is 0 Å². The summed E-state index contributed by atoms with van der Waals surface area (Å²) in [6.07, 6.45) is 23.5. The van der Waals surface area contributed by atoms with Crippen LogP contribution in [0.4, 0.5) is 15.3 Å². The SMILES string of the molecule is C[C@]12CC[C@H](OC(=O)OCCN3CCCC3)C[C@H]1CC[C@@H]1[C@@H]2CC[C@]2(C)[C@@H](c3ccc(=O)oc3)CC[C@]12O.C[C@]12CC[C@H](OC(=O)Oc3ccc([N+](=O)[O-])cc3)C[C@H]1CC[C@@H]1[C@@H]2CC[C@]2(C)[C@@H](c3ccc(=O)oc3)CC[C@]12O.OCCN1CCCC1. The summed E-state index contributed by atoms with van der Waals surface area (Å²) in [7, 11) is 0. The molecular weight excluding hydrogens is 1100 g/mol. The molecule has 3 N–H and O–H groups in total. The number of hydrogen-bond donors (Lipinski definition) is 3. The molecule has 0 amide bonds. The van der Waals surface area contributed by atoms with Crippen molar-refractivity contribution in [3.8, 4) is 5.75 Å². The molecule has 1 aromatic carbocycles. The van der Waals surface area contributed by atoms with Gasteiger partial charge in [0.1, 0.15) is 24.6 Å². The fraction of sp³-hybridized carbons (Fsp3) is 0.735. The van der Waals surface area contributed by atoms with E-state index in [1.165, 1.54) is 75.2 Å². The quantitative estimate of drug-likeness (QED) is 0.0699. The first kappa shape index (κ1) is 62.5. The Morgan fingerprint density at radius 1 is 0.581 bits per heavy atom. The van der Waals surface area contributed by atoms with Gasteiger partial charge in [-0.2, -0.15) is 0 Å². The number of benzene rings is 1. The second-order valence-corrected chi connectivity index (χ2v) is 28.8. The van der Waals surface area contributed by atoms with E-state index in [-0.39, 0.29) is 80.2 Å². The molecule has 2 aliphatic heterocycles. The maximum atomic E-state index is 12.5. The molecule has 8 saturated carbocycles. The summed E-state index contributed by atoms with van der Waals surface area (Å²) in [5.74, 6) is 2.89. The standard InChI is InChI=1S/C31H37NO8.C31H45NO6.C6H13NO/c1-29-14-11-23(40-28(34)39-22-7-5-21(6-8-22)32(36)37)17-20(29)4-9-26-25(29)12-15-30(2)24(13-16-31(26,30)35)19-3-10-27(33)38-18-19;1-29-12-9-23(38-28(34)36-18-17-32-15-3-4-16-32)19-22(29)6-7-26-25(29)10-13-30(2)24(11-14-31(26,30)35)21-5-8-27(33)37-20-21;8-6-5-7-3-1-2-4-7/h3,5-8,10,18,20,23-26,35H,4,9,11-17H2,1-2H3;5,8,20,22-26,35H,3-4,6-7,9-19H2,1-2H3;8H,1-6H2/t20-,23+,24-,25+,26-,29+,30-,31+;22-,23+,24-,25+,26-,29+,30-,31+;/m11./s1. The van der Waals surface area contributed by atoms with Crippen LogP contribution in [0, 0.1) is 67.3 Å². The second-order valence-electron chi connectivity index (χ2n) is 28.8. The molecule has 2 aromatic heterocycles. The lowest BCUT2D eigenvalue weighted by Gasteiger charge is -2.63. The summed E-state index contributed by atoms with van der Waals surface area (Å²) in [5.41, 5.74) is -0.387. The predicted octanol–water partition coefficient (Wildman–Crippen LogP) is 11.9. The molecule has 472 valence electrons. The molecule has 13 rings (SSSR count). The van der Waals surface area contributed by atoms with Gasteiger partial charge in [0.15, 0.2) is 0 Å². The lowest BCUT2D eigenvalue weighted by molar-refractivity contribution is -0.384. The van der Waals surface area contributed by atoms with Gasteiger partial charge in [0.2, 0.25) is 0 Å². The lowest BCUT2D eigenvalue weighted by atomic mass is 9.43. The number of carbonyl (C=O) groups is 2. The number of aliphatic hydroxyl groups excluding tert-OH is 1. The van der Waals surface area contributed by atoms with Gasteiger partial charge >= 0.3 is 23.6 Å². The highest BCUT2D eigenvalue weighted by molar-refractivity contribution is 5.64. The molecule has 16 atom stereocenters. The number of nitro groups is 1. The van der Waals surface area contributed by atoms with E-state index >= 15 is 0 Å². The summed E-state index contributed by atoms with van der Waals surface area (Å²) < 4.78 is 32.6. The molecule has 18 heteroatoms. The maximum absolute atomic E-state index is 12.5. The Hall–Kier alpha value is -5.14. The molecule has 2 saturated heterocycles. The number of rotatable bonds is 11. The Morgan fingerprint density at radius 3 is 1.49 bits per heavy atom. The van der Waals surface area contributed by atoms with Gasteiger partial charge in [-0.1, -0.05) is 27.7 Å². The van der Waals surface area contributed by atoms with Crippen LogP contribution in [0.1, 0.15) is 192 Å². The van der Waals surface area contributed by atoms with Gasteiger partial charge in [-0.3, -0.25) is 15.0 Å². The van der Waals surface area contributed by atoms with E-state index in [9.17, 15) is 39.5 Å². The fourth-order valence-corrected chi connectivity index (χ4v) is 20.3. The summed E-state index contributed by atoms with van der Waals surface area (Å²) in [5, 5.41) is 44.1. The van der Waals surface area contributed by atoms with Crippen LogP contribution in [0.2, 0.25) is 0 Å². The molecule has 0 unspecified atom stereocenters. The van der Waals surface area contributed by atoms with Gasteiger partial charge in [-0.25, -0.2) is 19.2 Å². The fourth-order valence-electron chi connectivity index (χ4n) is 20.3. The number of fused-ring (bicyclic) bond motifs is 10. The van der Waals surface area contributed by atoms with E-state index in [1.54, 1.807) is 12.5 Å². The van der Waals surface area contributed by atoms with Crippen LogP contribution in [0.25, 0.3) is 0 Å². The van der Waals surface area contributed by atoms with E-state index in [0.29, 0.717) is 36.9 Å². The van der Waals surface area contributed by atoms with Crippen LogP contribution in [-0.2, 0) is 14.2 Å². The molecule has 3 aromatic rings. The van der Waals surface area contributed by atoms with Crippen molar-refractivity contribution in [2.24, 2.45) is 57.2 Å². The van der Waals surface area contributed by atoms with E-state index in [2.05, 4.69) is 37.5 Å².